The highest BCUT2D eigenvalue weighted by atomic mass is 35.5. The highest BCUT2D eigenvalue weighted by Gasteiger charge is 2.14. The third-order valence-electron chi connectivity index (χ3n) is 4.46. The standard InChI is InChI=1S/C22H19ClN4O2S/c1-15(20-11-6-12-29-20)25-26-21(28)14-30-22-24-18-9-4-5-10-19(18)27(22)13-16-7-2-3-8-17(16)23/h2-12H,13-14H2,1H3,(H,26,28)/b25-15+. The predicted molar refractivity (Wildman–Crippen MR) is 120 cm³/mol. The number of hydrogen-bond acceptors (Lipinski definition) is 5. The number of halogens is 1. The summed E-state index contributed by atoms with van der Waals surface area (Å²) >= 11 is 7.72. The molecule has 0 aliphatic heterocycles. The van der Waals surface area contributed by atoms with Crippen molar-refractivity contribution >= 4 is 46.0 Å². The monoisotopic (exact) mass is 438 g/mol. The number of rotatable bonds is 7. The molecule has 2 heterocycles. The smallest absolute Gasteiger partial charge is 0.250 e. The maximum Gasteiger partial charge on any atom is 0.250 e. The molecule has 0 unspecified atom stereocenters. The van der Waals surface area contributed by atoms with Gasteiger partial charge in [0.1, 0.15) is 11.5 Å². The Kier molecular flexibility index (Phi) is 6.21. The Bertz CT molecular complexity index is 1200. The summed E-state index contributed by atoms with van der Waals surface area (Å²) in [5.74, 6) is 0.576. The first-order chi connectivity index (χ1) is 14.6. The summed E-state index contributed by atoms with van der Waals surface area (Å²) in [4.78, 5) is 17.0. The number of thioether (sulfide) groups is 1. The van der Waals surface area contributed by atoms with E-state index in [1.165, 1.54) is 11.8 Å². The fraction of sp³-hybridized carbons (Fsp3) is 0.136. The van der Waals surface area contributed by atoms with E-state index in [0.29, 0.717) is 23.0 Å². The van der Waals surface area contributed by atoms with Crippen LogP contribution in [0.25, 0.3) is 11.0 Å². The van der Waals surface area contributed by atoms with Crippen LogP contribution < -0.4 is 5.43 Å². The summed E-state index contributed by atoms with van der Waals surface area (Å²) in [5.41, 5.74) is 6.02. The molecule has 0 bridgehead atoms. The van der Waals surface area contributed by atoms with E-state index >= 15 is 0 Å². The maximum atomic E-state index is 12.3. The number of imidazole rings is 1. The van der Waals surface area contributed by atoms with Crippen LogP contribution in [0.15, 0.2) is 81.6 Å². The summed E-state index contributed by atoms with van der Waals surface area (Å²) < 4.78 is 7.34. The molecule has 0 saturated carbocycles. The molecule has 8 heteroatoms. The minimum atomic E-state index is -0.220. The number of nitrogens with one attached hydrogen (secondary N) is 1. The highest BCUT2D eigenvalue weighted by molar-refractivity contribution is 7.99. The topological polar surface area (TPSA) is 72.4 Å². The molecule has 4 aromatic rings. The van der Waals surface area contributed by atoms with Gasteiger partial charge in [-0.3, -0.25) is 4.79 Å². The molecule has 0 saturated heterocycles. The third kappa shape index (κ3) is 4.58. The average molecular weight is 439 g/mol. The van der Waals surface area contributed by atoms with Gasteiger partial charge in [0.25, 0.3) is 5.91 Å². The first kappa shape index (κ1) is 20.3. The van der Waals surface area contributed by atoms with E-state index in [1.54, 1.807) is 25.3 Å². The molecule has 0 atom stereocenters. The second-order valence-corrected chi connectivity index (χ2v) is 7.91. The van der Waals surface area contributed by atoms with Crippen molar-refractivity contribution in [2.45, 2.75) is 18.6 Å². The number of para-hydroxylation sites is 2. The van der Waals surface area contributed by atoms with E-state index in [0.717, 1.165) is 21.8 Å². The van der Waals surface area contributed by atoms with Gasteiger partial charge in [0, 0.05) is 5.02 Å². The van der Waals surface area contributed by atoms with Crippen LogP contribution in [0, 0.1) is 0 Å². The Hall–Kier alpha value is -3.03. The van der Waals surface area contributed by atoms with Crippen LogP contribution in [0.4, 0.5) is 0 Å². The Balaban J connectivity index is 1.50. The molecule has 6 nitrogen and oxygen atoms in total. The van der Waals surface area contributed by atoms with Crippen LogP contribution in [0.2, 0.25) is 5.02 Å². The number of hydrogen-bond donors (Lipinski definition) is 1. The largest absolute Gasteiger partial charge is 0.463 e. The fourth-order valence-corrected chi connectivity index (χ4v) is 3.96. The van der Waals surface area contributed by atoms with E-state index in [1.807, 2.05) is 48.5 Å². The molecule has 4 rings (SSSR count). The average Bonchev–Trinajstić information content (AvgIpc) is 3.41. The summed E-state index contributed by atoms with van der Waals surface area (Å²) in [7, 11) is 0. The predicted octanol–water partition coefficient (Wildman–Crippen LogP) is 4.96. The Morgan fingerprint density at radius 1 is 1.17 bits per heavy atom. The molecular weight excluding hydrogens is 420 g/mol. The lowest BCUT2D eigenvalue weighted by atomic mass is 10.2. The Labute approximate surface area is 182 Å². The maximum absolute atomic E-state index is 12.3. The molecule has 0 aliphatic rings. The normalized spacial score (nSPS) is 11.7. The number of nitrogens with zero attached hydrogens (tertiary/aromatic N) is 3. The number of carbonyl (C=O) groups is 1. The molecule has 0 spiro atoms. The number of hydrazone groups is 1. The number of carbonyl (C=O) groups excluding carboxylic acids is 1. The van der Waals surface area contributed by atoms with Crippen molar-refractivity contribution in [3.8, 4) is 0 Å². The van der Waals surface area contributed by atoms with Gasteiger partial charge in [-0.2, -0.15) is 5.10 Å². The number of amides is 1. The molecule has 0 radical (unpaired) electrons. The van der Waals surface area contributed by atoms with Crippen molar-refractivity contribution in [3.05, 3.63) is 83.3 Å². The van der Waals surface area contributed by atoms with Crippen molar-refractivity contribution in [1.29, 1.82) is 0 Å². The minimum Gasteiger partial charge on any atom is -0.463 e. The molecule has 2 aromatic carbocycles. The van der Waals surface area contributed by atoms with Crippen molar-refractivity contribution in [3.63, 3.8) is 0 Å². The molecule has 1 amide bonds. The lowest BCUT2D eigenvalue weighted by molar-refractivity contribution is -0.118. The third-order valence-corrected chi connectivity index (χ3v) is 5.81. The van der Waals surface area contributed by atoms with Crippen LogP contribution in [0.3, 0.4) is 0 Å². The van der Waals surface area contributed by atoms with Gasteiger partial charge in [0.2, 0.25) is 0 Å². The number of fused-ring (bicyclic) bond motifs is 1. The first-order valence-electron chi connectivity index (χ1n) is 9.30. The molecule has 0 fully saturated rings. The zero-order valence-electron chi connectivity index (χ0n) is 16.2. The van der Waals surface area contributed by atoms with Crippen LogP contribution in [0.1, 0.15) is 18.2 Å². The van der Waals surface area contributed by atoms with Crippen molar-refractivity contribution in [2.75, 3.05) is 5.75 Å². The summed E-state index contributed by atoms with van der Waals surface area (Å²) in [5, 5.41) is 5.54. The van der Waals surface area contributed by atoms with Crippen molar-refractivity contribution in [2.24, 2.45) is 5.10 Å². The molecule has 0 aliphatic carbocycles. The van der Waals surface area contributed by atoms with Crippen LogP contribution in [0.5, 0.6) is 0 Å². The summed E-state index contributed by atoms with van der Waals surface area (Å²) in [6.45, 7) is 2.34. The Morgan fingerprint density at radius 3 is 2.77 bits per heavy atom. The van der Waals surface area contributed by atoms with E-state index in [4.69, 9.17) is 21.0 Å². The van der Waals surface area contributed by atoms with Crippen LogP contribution in [-0.4, -0.2) is 26.9 Å². The number of furan rings is 1. The zero-order chi connectivity index (χ0) is 20.9. The first-order valence-corrected chi connectivity index (χ1v) is 10.7. The molecule has 152 valence electrons. The minimum absolute atomic E-state index is 0.181. The van der Waals surface area contributed by atoms with Gasteiger partial charge < -0.3 is 8.98 Å². The van der Waals surface area contributed by atoms with Gasteiger partial charge in [-0.25, -0.2) is 10.4 Å². The molecular formula is C22H19ClN4O2S. The second-order valence-electron chi connectivity index (χ2n) is 6.56. The lowest BCUT2D eigenvalue weighted by Crippen LogP contribution is -2.21. The van der Waals surface area contributed by atoms with Crippen molar-refractivity contribution in [1.82, 2.24) is 15.0 Å². The van der Waals surface area contributed by atoms with Crippen LogP contribution >= 0.6 is 23.4 Å². The number of aromatic nitrogens is 2. The van der Waals surface area contributed by atoms with E-state index < -0.39 is 0 Å². The number of benzene rings is 2. The lowest BCUT2D eigenvalue weighted by Gasteiger charge is -2.10. The van der Waals surface area contributed by atoms with Gasteiger partial charge in [-0.05, 0) is 42.8 Å². The highest BCUT2D eigenvalue weighted by Crippen LogP contribution is 2.27. The quantitative estimate of drug-likeness (QED) is 0.251. The van der Waals surface area contributed by atoms with Crippen LogP contribution in [-0.2, 0) is 11.3 Å². The van der Waals surface area contributed by atoms with Gasteiger partial charge >= 0.3 is 0 Å². The van der Waals surface area contributed by atoms with Gasteiger partial charge in [-0.1, -0.05) is 53.7 Å². The fourth-order valence-electron chi connectivity index (χ4n) is 2.96. The molecule has 2 aromatic heterocycles. The zero-order valence-corrected chi connectivity index (χ0v) is 17.8. The second kappa shape index (κ2) is 9.19. The van der Waals surface area contributed by atoms with E-state index in [2.05, 4.69) is 15.1 Å². The van der Waals surface area contributed by atoms with Gasteiger partial charge in [0.15, 0.2) is 5.16 Å². The molecule has 1 N–H and O–H groups in total. The summed E-state index contributed by atoms with van der Waals surface area (Å²) in [6, 6.07) is 19.2. The van der Waals surface area contributed by atoms with E-state index in [9.17, 15) is 4.79 Å². The van der Waals surface area contributed by atoms with Gasteiger partial charge in [0.05, 0.1) is 29.6 Å². The molecule has 30 heavy (non-hydrogen) atoms. The summed E-state index contributed by atoms with van der Waals surface area (Å²) in [6.07, 6.45) is 1.56. The SMILES string of the molecule is C/C(=N\NC(=O)CSc1nc2ccccc2n1Cc1ccccc1Cl)c1ccco1. The van der Waals surface area contributed by atoms with E-state index in [-0.39, 0.29) is 11.7 Å². The Morgan fingerprint density at radius 2 is 1.97 bits per heavy atom. The van der Waals surface area contributed by atoms with Gasteiger partial charge in [-0.15, -0.1) is 0 Å². The van der Waals surface area contributed by atoms with Crippen molar-refractivity contribution < 1.29 is 9.21 Å².